The van der Waals surface area contributed by atoms with Gasteiger partial charge >= 0.3 is 0 Å². The Bertz CT molecular complexity index is 846. The zero-order chi connectivity index (χ0) is 16.4. The predicted octanol–water partition coefficient (Wildman–Crippen LogP) is 5.84. The summed E-state index contributed by atoms with van der Waals surface area (Å²) in [6.45, 7) is 6.04. The molecule has 0 saturated carbocycles. The van der Waals surface area contributed by atoms with Crippen molar-refractivity contribution in [2.45, 2.75) is 26.9 Å². The fourth-order valence-corrected chi connectivity index (χ4v) is 3.00. The van der Waals surface area contributed by atoms with Crippen LogP contribution in [0.2, 0.25) is 0 Å². The Labute approximate surface area is 144 Å². The van der Waals surface area contributed by atoms with Crippen LogP contribution in [-0.4, -0.2) is 11.1 Å². The van der Waals surface area contributed by atoms with Crippen molar-refractivity contribution in [3.05, 3.63) is 58.7 Å². The van der Waals surface area contributed by atoms with E-state index >= 15 is 0 Å². The molecule has 0 atom stereocenters. The van der Waals surface area contributed by atoms with E-state index in [0.717, 1.165) is 38.2 Å². The van der Waals surface area contributed by atoms with Gasteiger partial charge in [0.15, 0.2) is 0 Å². The van der Waals surface area contributed by atoms with Crippen molar-refractivity contribution in [3.63, 3.8) is 0 Å². The molecule has 4 heteroatoms. The molecule has 0 fully saturated rings. The molecule has 2 aromatic carbocycles. The van der Waals surface area contributed by atoms with Gasteiger partial charge in [0.25, 0.3) is 0 Å². The molecule has 3 nitrogen and oxygen atoms in total. The van der Waals surface area contributed by atoms with E-state index < -0.39 is 0 Å². The number of aromatic nitrogens is 1. The maximum absolute atomic E-state index is 5.88. The molecule has 0 aliphatic heterocycles. The van der Waals surface area contributed by atoms with Gasteiger partial charge in [0.2, 0.25) is 0 Å². The minimum absolute atomic E-state index is 0.120. The lowest BCUT2D eigenvalue weighted by atomic mass is 10.1. The largest absolute Gasteiger partial charge is 0.489 e. The number of nitrogens with one attached hydrogen (secondary N) is 1. The van der Waals surface area contributed by atoms with E-state index in [2.05, 4.69) is 38.4 Å². The topological polar surface area (TPSA) is 34.1 Å². The third kappa shape index (κ3) is 3.48. The van der Waals surface area contributed by atoms with Gasteiger partial charge in [0, 0.05) is 20.9 Å². The molecule has 0 radical (unpaired) electrons. The number of para-hydroxylation sites is 2. The van der Waals surface area contributed by atoms with Crippen molar-refractivity contribution in [3.8, 4) is 5.75 Å². The van der Waals surface area contributed by atoms with Crippen LogP contribution in [0.4, 0.5) is 11.5 Å². The number of pyridine rings is 1. The number of anilines is 2. The Morgan fingerprint density at radius 3 is 2.61 bits per heavy atom. The number of halogens is 1. The first kappa shape index (κ1) is 15.8. The summed E-state index contributed by atoms with van der Waals surface area (Å²) in [5.41, 5.74) is 1.88. The van der Waals surface area contributed by atoms with E-state index in [1.54, 1.807) is 0 Å². The molecule has 23 heavy (non-hydrogen) atoms. The third-order valence-electron chi connectivity index (χ3n) is 3.45. The van der Waals surface area contributed by atoms with Crippen LogP contribution >= 0.6 is 15.9 Å². The molecule has 0 aliphatic carbocycles. The summed E-state index contributed by atoms with van der Waals surface area (Å²) in [5, 5.41) is 5.65. The molecular weight excluding hydrogens is 352 g/mol. The van der Waals surface area contributed by atoms with Crippen molar-refractivity contribution in [1.82, 2.24) is 4.98 Å². The minimum atomic E-state index is 0.120. The second-order valence-electron chi connectivity index (χ2n) is 5.73. The number of fused-ring (bicyclic) bond motifs is 1. The van der Waals surface area contributed by atoms with E-state index in [-0.39, 0.29) is 6.10 Å². The molecule has 1 heterocycles. The van der Waals surface area contributed by atoms with E-state index in [9.17, 15) is 0 Å². The van der Waals surface area contributed by atoms with E-state index in [1.165, 1.54) is 0 Å². The second-order valence-corrected chi connectivity index (χ2v) is 6.59. The van der Waals surface area contributed by atoms with Gasteiger partial charge in [-0.1, -0.05) is 40.2 Å². The Morgan fingerprint density at radius 2 is 1.83 bits per heavy atom. The van der Waals surface area contributed by atoms with Crippen LogP contribution < -0.4 is 10.1 Å². The maximum Gasteiger partial charge on any atom is 0.143 e. The number of nitrogens with zero attached hydrogens (tertiary/aromatic N) is 1. The van der Waals surface area contributed by atoms with Crippen molar-refractivity contribution in [2.75, 3.05) is 5.32 Å². The number of hydrogen-bond acceptors (Lipinski definition) is 3. The lowest BCUT2D eigenvalue weighted by molar-refractivity contribution is 0.244. The maximum atomic E-state index is 5.88. The number of aryl methyl sites for hydroxylation is 1. The fourth-order valence-electron chi connectivity index (χ4n) is 2.52. The number of ether oxygens (including phenoxy) is 1. The van der Waals surface area contributed by atoms with Gasteiger partial charge < -0.3 is 10.1 Å². The van der Waals surface area contributed by atoms with Crippen LogP contribution in [0.15, 0.2) is 53.0 Å². The Kier molecular flexibility index (Phi) is 4.53. The summed E-state index contributed by atoms with van der Waals surface area (Å²) < 4.78 is 6.95. The third-order valence-corrected chi connectivity index (χ3v) is 4.14. The molecule has 0 spiro atoms. The molecule has 3 aromatic rings. The Morgan fingerprint density at radius 1 is 1.04 bits per heavy atom. The summed E-state index contributed by atoms with van der Waals surface area (Å²) in [6, 6.07) is 16.2. The number of rotatable bonds is 4. The lowest BCUT2D eigenvalue weighted by Crippen LogP contribution is -2.07. The quantitative estimate of drug-likeness (QED) is 0.626. The average Bonchev–Trinajstić information content (AvgIpc) is 2.50. The molecule has 1 N–H and O–H groups in total. The van der Waals surface area contributed by atoms with Gasteiger partial charge in [-0.25, -0.2) is 4.98 Å². The average molecular weight is 371 g/mol. The van der Waals surface area contributed by atoms with Crippen LogP contribution in [0.5, 0.6) is 5.75 Å². The Balaban J connectivity index is 2.07. The molecule has 0 amide bonds. The van der Waals surface area contributed by atoms with Gasteiger partial charge in [-0.15, -0.1) is 0 Å². The first-order valence-corrected chi connectivity index (χ1v) is 8.42. The van der Waals surface area contributed by atoms with Crippen molar-refractivity contribution >= 4 is 38.2 Å². The Hall–Kier alpha value is -2.07. The fraction of sp³-hybridized carbons (Fsp3) is 0.211. The smallest absolute Gasteiger partial charge is 0.143 e. The first-order chi connectivity index (χ1) is 11.0. The van der Waals surface area contributed by atoms with Gasteiger partial charge in [0.05, 0.1) is 11.8 Å². The summed E-state index contributed by atoms with van der Waals surface area (Å²) in [5.74, 6) is 1.66. The number of hydrogen-bond donors (Lipinski definition) is 1. The molecule has 3 rings (SSSR count). The van der Waals surface area contributed by atoms with Crippen molar-refractivity contribution < 1.29 is 4.74 Å². The molecule has 0 bridgehead atoms. The van der Waals surface area contributed by atoms with Gasteiger partial charge in [-0.3, -0.25) is 0 Å². The van der Waals surface area contributed by atoms with Gasteiger partial charge in [-0.2, -0.15) is 0 Å². The molecule has 118 valence electrons. The summed E-state index contributed by atoms with van der Waals surface area (Å²) >= 11 is 3.62. The van der Waals surface area contributed by atoms with Crippen LogP contribution in [0, 0.1) is 6.92 Å². The molecule has 1 aromatic heterocycles. The summed E-state index contributed by atoms with van der Waals surface area (Å²) in [7, 11) is 0. The predicted molar refractivity (Wildman–Crippen MR) is 99.7 cm³/mol. The van der Waals surface area contributed by atoms with Gasteiger partial charge in [-0.05, 0) is 45.0 Å². The van der Waals surface area contributed by atoms with E-state index in [1.807, 2.05) is 57.2 Å². The highest BCUT2D eigenvalue weighted by molar-refractivity contribution is 9.10. The highest BCUT2D eigenvalue weighted by Gasteiger charge is 2.10. The molecule has 0 unspecified atom stereocenters. The van der Waals surface area contributed by atoms with E-state index in [4.69, 9.17) is 4.74 Å². The SMILES string of the molecule is Cc1cc2c(Br)cccc2c(Nc2ccccc2OC(C)C)n1. The van der Waals surface area contributed by atoms with Crippen molar-refractivity contribution in [1.29, 1.82) is 0 Å². The monoisotopic (exact) mass is 370 g/mol. The summed E-state index contributed by atoms with van der Waals surface area (Å²) in [4.78, 5) is 4.67. The molecule has 0 aliphatic rings. The molecular formula is C19H19BrN2O. The number of benzene rings is 2. The zero-order valence-electron chi connectivity index (χ0n) is 13.4. The van der Waals surface area contributed by atoms with Crippen LogP contribution in [-0.2, 0) is 0 Å². The highest BCUT2D eigenvalue weighted by Crippen LogP contribution is 2.33. The molecule has 0 saturated heterocycles. The van der Waals surface area contributed by atoms with Crippen LogP contribution in [0.1, 0.15) is 19.5 Å². The first-order valence-electron chi connectivity index (χ1n) is 7.63. The van der Waals surface area contributed by atoms with Crippen LogP contribution in [0.25, 0.3) is 10.8 Å². The standard InChI is InChI=1S/C19H19BrN2O/c1-12(2)23-18-10-5-4-9-17(18)22-19-14-7-6-8-16(20)15(14)11-13(3)21-19/h4-12H,1-3H3,(H,21,22). The van der Waals surface area contributed by atoms with Gasteiger partial charge in [0.1, 0.15) is 11.6 Å². The van der Waals surface area contributed by atoms with Crippen LogP contribution in [0.3, 0.4) is 0 Å². The highest BCUT2D eigenvalue weighted by atomic mass is 79.9. The second kappa shape index (κ2) is 6.59. The van der Waals surface area contributed by atoms with E-state index in [0.29, 0.717) is 0 Å². The zero-order valence-corrected chi connectivity index (χ0v) is 15.0. The normalized spacial score (nSPS) is 11.0. The lowest BCUT2D eigenvalue weighted by Gasteiger charge is -2.16. The minimum Gasteiger partial charge on any atom is -0.489 e. The summed E-state index contributed by atoms with van der Waals surface area (Å²) in [6.07, 6.45) is 0.120. The van der Waals surface area contributed by atoms with Crippen molar-refractivity contribution in [2.24, 2.45) is 0 Å².